The van der Waals surface area contributed by atoms with Crippen molar-refractivity contribution in [2.24, 2.45) is 0 Å². The van der Waals surface area contributed by atoms with Crippen LogP contribution in [0, 0.1) is 0 Å². The van der Waals surface area contributed by atoms with Gasteiger partial charge in [-0.25, -0.2) is 4.79 Å². The molecule has 0 saturated carbocycles. The zero-order valence-electron chi connectivity index (χ0n) is 19.1. The van der Waals surface area contributed by atoms with Gasteiger partial charge < -0.3 is 15.5 Å². The number of unbranched alkanes of at least 4 members (excludes halogenated alkanes) is 2. The molecule has 2 aromatic carbocycles. The quantitative estimate of drug-likeness (QED) is 0.271. The minimum Gasteiger partial charge on any atom is -0.331 e. The van der Waals surface area contributed by atoms with E-state index in [4.69, 9.17) is 10.0 Å². The Labute approximate surface area is 203 Å². The Morgan fingerprint density at radius 3 is 2.74 bits per heavy atom. The Balaban J connectivity index is 1.75. The predicted octanol–water partition coefficient (Wildman–Crippen LogP) is 4.60. The van der Waals surface area contributed by atoms with Gasteiger partial charge in [-0.15, -0.1) is 0 Å². The van der Waals surface area contributed by atoms with Gasteiger partial charge in [0.15, 0.2) is 0 Å². The maximum absolute atomic E-state index is 13.7. The van der Waals surface area contributed by atoms with E-state index in [1.54, 1.807) is 28.7 Å². The molecule has 0 spiro atoms. The molecule has 0 fully saturated rings. The number of hydrogen-bond donors (Lipinski definition) is 4. The normalized spacial score (nSPS) is 16.0. The molecule has 4 N–H and O–H groups in total. The monoisotopic (exact) mass is 490 g/mol. The highest BCUT2D eigenvalue weighted by Crippen LogP contribution is 2.25. The Morgan fingerprint density at radius 2 is 2.00 bits per heavy atom. The van der Waals surface area contributed by atoms with Gasteiger partial charge in [0.2, 0.25) is 5.91 Å². The van der Waals surface area contributed by atoms with Gasteiger partial charge in [0, 0.05) is 17.1 Å². The highest BCUT2D eigenvalue weighted by atomic mass is 32.2. The van der Waals surface area contributed by atoms with E-state index >= 15 is 0 Å². The molecule has 1 unspecified atom stereocenters. The molecule has 2 aromatic rings. The van der Waals surface area contributed by atoms with E-state index in [2.05, 4.69) is 17.6 Å². The number of amides is 3. The average molecular weight is 491 g/mol. The van der Waals surface area contributed by atoms with Crippen LogP contribution in [0.3, 0.4) is 0 Å². The molecule has 10 heteroatoms. The first-order chi connectivity index (χ1) is 16.5. The lowest BCUT2D eigenvalue weighted by atomic mass is 9.93. The predicted molar refractivity (Wildman–Crippen MR) is 129 cm³/mol. The van der Waals surface area contributed by atoms with E-state index in [9.17, 15) is 13.5 Å². The fourth-order valence-electron chi connectivity index (χ4n) is 4.13. The van der Waals surface area contributed by atoms with Gasteiger partial charge in [0.1, 0.15) is 6.04 Å². The summed E-state index contributed by atoms with van der Waals surface area (Å²) in [5.41, 5.74) is 4.29. The Hall–Kier alpha value is -2.66. The number of nitrogens with one attached hydrogen (secondary N) is 3. The fraction of sp³-hybridized carbons (Fsp3) is 0.417. The molecule has 34 heavy (non-hydrogen) atoms. The van der Waals surface area contributed by atoms with Crippen LogP contribution in [-0.2, 0) is 22.6 Å². The first-order valence-electron chi connectivity index (χ1n) is 11.4. The van der Waals surface area contributed by atoms with Gasteiger partial charge in [-0.1, -0.05) is 62.2 Å². The number of fused-ring (bicyclic) bond motifs is 1. The number of carbonyl (C=O) groups excluding carboxylic acids is 2. The van der Waals surface area contributed by atoms with Crippen LogP contribution < -0.4 is 16.3 Å². The van der Waals surface area contributed by atoms with Crippen molar-refractivity contribution in [3.8, 4) is 0 Å². The number of urea groups is 1. The molecule has 0 bridgehead atoms. The maximum atomic E-state index is 13.7. The summed E-state index contributed by atoms with van der Waals surface area (Å²) in [6.07, 6.45) is 3.77. The molecule has 3 rings (SSSR count). The molecule has 1 aliphatic rings. The maximum Gasteiger partial charge on any atom is 0.319 e. The third-order valence-electron chi connectivity index (χ3n) is 5.86. The number of halogens is 1. The lowest BCUT2D eigenvalue weighted by Crippen LogP contribution is -2.55. The van der Waals surface area contributed by atoms with Crippen LogP contribution in [0.4, 0.5) is 14.4 Å². The summed E-state index contributed by atoms with van der Waals surface area (Å²) in [5.74, 6) is -0.208. The highest BCUT2D eigenvalue weighted by molar-refractivity contribution is 7.94. The fourth-order valence-corrected chi connectivity index (χ4v) is 4.43. The summed E-state index contributed by atoms with van der Waals surface area (Å²) in [4.78, 5) is 33.5. The molecule has 184 valence electrons. The van der Waals surface area contributed by atoms with E-state index in [-0.39, 0.29) is 30.7 Å². The highest BCUT2D eigenvalue weighted by Gasteiger charge is 2.34. The first kappa shape index (κ1) is 26.0. The molecule has 0 saturated heterocycles. The topological polar surface area (TPSA) is 103 Å². The van der Waals surface area contributed by atoms with E-state index in [0.29, 0.717) is 30.0 Å². The molecular weight excluding hydrogens is 459 g/mol. The van der Waals surface area contributed by atoms with Crippen molar-refractivity contribution in [3.63, 3.8) is 0 Å². The summed E-state index contributed by atoms with van der Waals surface area (Å²) in [6.45, 7) is 2.56. The van der Waals surface area contributed by atoms with Gasteiger partial charge in [0.25, 0.3) is 0 Å². The average Bonchev–Trinajstić information content (AvgIpc) is 2.86. The second-order valence-electron chi connectivity index (χ2n) is 8.25. The largest absolute Gasteiger partial charge is 0.331 e. The zero-order chi connectivity index (χ0) is 24.3. The smallest absolute Gasteiger partial charge is 0.319 e. The summed E-state index contributed by atoms with van der Waals surface area (Å²) in [5, 5.41) is 14.4. The summed E-state index contributed by atoms with van der Waals surface area (Å²) >= 11 is 0.0951. The Kier molecular flexibility index (Phi) is 10.1. The lowest BCUT2D eigenvalue weighted by Gasteiger charge is -2.38. The van der Waals surface area contributed by atoms with E-state index < -0.39 is 12.1 Å². The number of nitrogens with zero attached hydrogens (tertiary/aromatic N) is 1. The minimum absolute atomic E-state index is 0.0951. The van der Waals surface area contributed by atoms with Gasteiger partial charge in [-0.05, 0) is 42.2 Å². The minimum atomic E-state index is -0.736. The van der Waals surface area contributed by atoms with E-state index in [1.807, 2.05) is 24.3 Å². The third kappa shape index (κ3) is 7.17. The van der Waals surface area contributed by atoms with Crippen LogP contribution in [0.25, 0.3) is 0 Å². The van der Waals surface area contributed by atoms with Crippen LogP contribution in [0.2, 0.25) is 0 Å². The lowest BCUT2D eigenvalue weighted by molar-refractivity contribution is -0.154. The molecule has 2 atom stereocenters. The van der Waals surface area contributed by atoms with Crippen molar-refractivity contribution < 1.29 is 23.5 Å². The second kappa shape index (κ2) is 13.3. The van der Waals surface area contributed by atoms with E-state index in [1.165, 1.54) is 6.07 Å². The molecular formula is C24H31FN4O4S. The molecule has 3 amide bonds. The van der Waals surface area contributed by atoms with Gasteiger partial charge >= 0.3 is 6.03 Å². The van der Waals surface area contributed by atoms with Crippen molar-refractivity contribution >= 4 is 29.8 Å². The molecule has 0 radical (unpaired) electrons. The number of rotatable bonds is 11. The second-order valence-corrected chi connectivity index (χ2v) is 8.87. The standard InChI is InChI=1S/C24H31FN4O4S/c1-2-3-4-12-22(27-24(31)26-19-10-7-11-21(14-19)34-25)23(30)29-15-18-9-6-5-8-17(18)13-20(29)16-33-28-32/h5-11,14,20,22,28,32H,2-4,12-13,15-16H2,1H3,(H2,26,27,31)/t20-,22?/m1/s1. The summed E-state index contributed by atoms with van der Waals surface area (Å²) in [6, 6.07) is 12.7. The van der Waals surface area contributed by atoms with Gasteiger partial charge in [-0.2, -0.15) is 3.89 Å². The van der Waals surface area contributed by atoms with Crippen molar-refractivity contribution in [1.82, 2.24) is 15.9 Å². The summed E-state index contributed by atoms with van der Waals surface area (Å²) in [7, 11) is 0. The molecule has 0 aromatic heterocycles. The molecule has 1 heterocycles. The first-order valence-corrected chi connectivity index (χ1v) is 12.1. The van der Waals surface area contributed by atoms with Crippen molar-refractivity contribution in [1.29, 1.82) is 0 Å². The summed E-state index contributed by atoms with van der Waals surface area (Å²) < 4.78 is 12.9. The Bertz CT molecular complexity index is 964. The molecule has 8 nitrogen and oxygen atoms in total. The van der Waals surface area contributed by atoms with Crippen molar-refractivity contribution in [2.45, 2.75) is 62.6 Å². The number of carbonyl (C=O) groups is 2. The van der Waals surface area contributed by atoms with Crippen LogP contribution in [-0.4, -0.2) is 40.7 Å². The van der Waals surface area contributed by atoms with E-state index in [0.717, 1.165) is 30.4 Å². The van der Waals surface area contributed by atoms with Crippen molar-refractivity contribution in [2.75, 3.05) is 11.9 Å². The van der Waals surface area contributed by atoms with Crippen molar-refractivity contribution in [3.05, 3.63) is 59.7 Å². The van der Waals surface area contributed by atoms with Gasteiger partial charge in [-0.3, -0.25) is 14.8 Å². The SMILES string of the molecule is CCCCCC(NC(=O)Nc1cccc(SF)c1)C(=O)N1Cc2ccccc2C[C@@H]1CONO. The number of hydrogen-bond acceptors (Lipinski definition) is 6. The molecule has 1 aliphatic heterocycles. The van der Waals surface area contributed by atoms with Crippen LogP contribution in [0.1, 0.15) is 43.7 Å². The Morgan fingerprint density at radius 1 is 1.21 bits per heavy atom. The van der Waals surface area contributed by atoms with Crippen LogP contribution in [0.5, 0.6) is 0 Å². The zero-order valence-corrected chi connectivity index (χ0v) is 19.9. The molecule has 0 aliphatic carbocycles. The number of benzene rings is 2. The van der Waals surface area contributed by atoms with Gasteiger partial charge in [0.05, 0.1) is 24.8 Å². The van der Waals surface area contributed by atoms with Crippen LogP contribution in [0.15, 0.2) is 53.4 Å². The van der Waals surface area contributed by atoms with Crippen LogP contribution >= 0.6 is 12.1 Å². The third-order valence-corrected chi connectivity index (χ3v) is 6.29. The number of anilines is 1.